The SMILES string of the molecule is [2H]C([2H])([2H])C1(C([2H])([2H])[2H])c2ccccc2-c2cc3c4ccccc4n(-c4cccc(-c5nc(-c6ccccc6)nc(-c6ccccc6)n5)c4)c3cc21. The highest BCUT2D eigenvalue weighted by Gasteiger charge is 2.36. The Kier molecular flexibility index (Phi) is 4.59. The number of hydrogen-bond donors (Lipinski definition) is 0. The molecule has 0 aliphatic heterocycles. The van der Waals surface area contributed by atoms with Gasteiger partial charge in [-0.2, -0.15) is 0 Å². The molecule has 0 atom stereocenters. The predicted molar refractivity (Wildman–Crippen MR) is 188 cm³/mol. The first-order chi connectivity index (χ1) is 25.1. The van der Waals surface area contributed by atoms with Crippen molar-refractivity contribution in [2.24, 2.45) is 0 Å². The molecule has 2 heterocycles. The molecule has 1 aliphatic carbocycles. The molecule has 6 aromatic carbocycles. The molecule has 0 saturated heterocycles. The quantitative estimate of drug-likeness (QED) is 0.203. The fourth-order valence-corrected chi connectivity index (χ4v) is 6.74. The monoisotopic (exact) mass is 596 g/mol. The van der Waals surface area contributed by atoms with Gasteiger partial charge in [0.15, 0.2) is 17.5 Å². The van der Waals surface area contributed by atoms with Crippen LogP contribution in [-0.4, -0.2) is 19.5 Å². The Bertz CT molecular complexity index is 2590. The lowest BCUT2D eigenvalue weighted by atomic mass is 9.82. The predicted octanol–water partition coefficient (Wildman–Crippen LogP) is 10.3. The normalized spacial score (nSPS) is 15.7. The summed E-state index contributed by atoms with van der Waals surface area (Å²) >= 11 is 0. The van der Waals surface area contributed by atoms with Gasteiger partial charge in [0.05, 0.1) is 11.0 Å². The van der Waals surface area contributed by atoms with Gasteiger partial charge in [-0.15, -0.1) is 0 Å². The van der Waals surface area contributed by atoms with Crippen molar-refractivity contribution < 1.29 is 8.22 Å². The van der Waals surface area contributed by atoms with Gasteiger partial charge >= 0.3 is 0 Å². The van der Waals surface area contributed by atoms with Crippen molar-refractivity contribution in [1.29, 1.82) is 0 Å². The Hall–Kier alpha value is -5.87. The Morgan fingerprint density at radius 1 is 0.478 bits per heavy atom. The van der Waals surface area contributed by atoms with E-state index >= 15 is 0 Å². The molecule has 0 N–H and O–H groups in total. The second-order valence-corrected chi connectivity index (χ2v) is 11.7. The highest BCUT2D eigenvalue weighted by Crippen LogP contribution is 2.51. The highest BCUT2D eigenvalue weighted by atomic mass is 15.0. The van der Waals surface area contributed by atoms with Crippen LogP contribution in [0.5, 0.6) is 0 Å². The van der Waals surface area contributed by atoms with Crippen LogP contribution >= 0.6 is 0 Å². The van der Waals surface area contributed by atoms with Crippen molar-refractivity contribution in [3.8, 4) is 51.0 Å². The lowest BCUT2D eigenvalue weighted by molar-refractivity contribution is 0.661. The number of rotatable bonds is 4. The van der Waals surface area contributed by atoms with Gasteiger partial charge in [0, 0.05) is 46.8 Å². The molecule has 46 heavy (non-hydrogen) atoms. The Morgan fingerprint density at radius 2 is 1.09 bits per heavy atom. The zero-order chi connectivity index (χ0) is 35.8. The van der Waals surface area contributed by atoms with E-state index in [4.69, 9.17) is 23.2 Å². The molecule has 8 aromatic rings. The molecule has 2 aromatic heterocycles. The third kappa shape index (κ3) is 4.04. The molecule has 0 saturated carbocycles. The fourth-order valence-electron chi connectivity index (χ4n) is 6.74. The topological polar surface area (TPSA) is 43.6 Å². The molecule has 0 fully saturated rings. The molecular weight excluding hydrogens is 560 g/mol. The number of para-hydroxylation sites is 1. The van der Waals surface area contributed by atoms with Crippen LogP contribution in [0.2, 0.25) is 0 Å². The average Bonchev–Trinajstić information content (AvgIpc) is 3.65. The maximum atomic E-state index is 8.76. The van der Waals surface area contributed by atoms with Gasteiger partial charge in [-0.1, -0.05) is 129 Å². The summed E-state index contributed by atoms with van der Waals surface area (Å²) in [7, 11) is 0. The van der Waals surface area contributed by atoms with E-state index in [0.29, 0.717) is 39.7 Å². The number of nitrogens with zero attached hydrogens (tertiary/aromatic N) is 4. The summed E-state index contributed by atoms with van der Waals surface area (Å²) < 4.78 is 54.6. The molecule has 0 radical (unpaired) electrons. The minimum Gasteiger partial charge on any atom is -0.309 e. The summed E-state index contributed by atoms with van der Waals surface area (Å²) in [4.78, 5) is 14.7. The third-order valence-electron chi connectivity index (χ3n) is 8.90. The summed E-state index contributed by atoms with van der Waals surface area (Å²) in [5.41, 5.74) is 4.49. The van der Waals surface area contributed by atoms with Crippen LogP contribution in [-0.2, 0) is 5.41 Å². The van der Waals surface area contributed by atoms with Gasteiger partial charge in [-0.05, 0) is 52.6 Å². The number of benzene rings is 6. The van der Waals surface area contributed by atoms with Gasteiger partial charge < -0.3 is 4.57 Å². The van der Waals surface area contributed by atoms with Crippen LogP contribution in [0.1, 0.15) is 33.1 Å². The van der Waals surface area contributed by atoms with Gasteiger partial charge in [-0.25, -0.2) is 15.0 Å². The fraction of sp³-hybridized carbons (Fsp3) is 0.0714. The highest BCUT2D eigenvalue weighted by molar-refractivity contribution is 6.11. The lowest BCUT2D eigenvalue weighted by Gasteiger charge is -2.21. The summed E-state index contributed by atoms with van der Waals surface area (Å²) in [6.45, 7) is -5.73. The third-order valence-corrected chi connectivity index (χ3v) is 8.90. The molecule has 1 aliphatic rings. The zero-order valence-electron chi connectivity index (χ0n) is 30.6. The van der Waals surface area contributed by atoms with E-state index < -0.39 is 19.1 Å². The number of hydrogen-bond acceptors (Lipinski definition) is 3. The van der Waals surface area contributed by atoms with Gasteiger partial charge in [0.2, 0.25) is 0 Å². The minimum atomic E-state index is -2.87. The summed E-state index contributed by atoms with van der Waals surface area (Å²) in [6.07, 6.45) is 0. The van der Waals surface area contributed by atoms with E-state index in [2.05, 4.69) is 4.57 Å². The standard InChI is InChI=1S/C42H30N4/c1-42(2)35-22-11-9-20-31(35)33-25-34-32-21-10-12-23-37(32)46(38(34)26-36(33)42)30-19-13-18-29(24-30)41-44-39(27-14-5-3-6-15-27)43-40(45-41)28-16-7-4-8-17-28/h3-26H,1-2H3/i1D3,2D3. The van der Waals surface area contributed by atoms with Gasteiger partial charge in [-0.3, -0.25) is 0 Å². The molecule has 0 bridgehead atoms. The average molecular weight is 597 g/mol. The minimum absolute atomic E-state index is 0.277. The summed E-state index contributed by atoms with van der Waals surface area (Å²) in [5.74, 6) is 1.59. The second-order valence-electron chi connectivity index (χ2n) is 11.7. The number of fused-ring (bicyclic) bond motifs is 6. The maximum absolute atomic E-state index is 8.76. The van der Waals surface area contributed by atoms with E-state index in [0.717, 1.165) is 38.7 Å². The lowest BCUT2D eigenvalue weighted by Crippen LogP contribution is -2.14. The molecule has 4 nitrogen and oxygen atoms in total. The van der Waals surface area contributed by atoms with Crippen LogP contribution in [0.15, 0.2) is 146 Å². The molecule has 0 spiro atoms. The van der Waals surface area contributed by atoms with Crippen molar-refractivity contribution in [2.45, 2.75) is 19.1 Å². The molecule has 0 amide bonds. The summed E-state index contributed by atoms with van der Waals surface area (Å²) in [6, 6.07) is 46.2. The smallest absolute Gasteiger partial charge is 0.164 e. The number of aromatic nitrogens is 4. The maximum Gasteiger partial charge on any atom is 0.164 e. The molecule has 9 rings (SSSR count). The Morgan fingerprint density at radius 3 is 1.80 bits per heavy atom. The van der Waals surface area contributed by atoms with Crippen LogP contribution in [0.4, 0.5) is 0 Å². The van der Waals surface area contributed by atoms with Crippen molar-refractivity contribution in [3.05, 3.63) is 157 Å². The van der Waals surface area contributed by atoms with E-state index in [1.165, 1.54) is 0 Å². The Balaban J connectivity index is 1.30. The van der Waals surface area contributed by atoms with Crippen LogP contribution in [0.25, 0.3) is 72.8 Å². The first kappa shape index (κ1) is 21.0. The first-order valence-electron chi connectivity index (χ1n) is 18.2. The summed E-state index contributed by atoms with van der Waals surface area (Å²) in [5, 5.41) is 1.85. The van der Waals surface area contributed by atoms with E-state index in [9.17, 15) is 0 Å². The van der Waals surface area contributed by atoms with Crippen LogP contribution < -0.4 is 0 Å². The van der Waals surface area contributed by atoms with Crippen molar-refractivity contribution >= 4 is 21.8 Å². The zero-order valence-corrected chi connectivity index (χ0v) is 24.6. The van der Waals surface area contributed by atoms with E-state index in [1.54, 1.807) is 18.2 Å². The molecular formula is C42H30N4. The molecule has 218 valence electrons. The second kappa shape index (κ2) is 10.1. The molecule has 4 heteroatoms. The van der Waals surface area contributed by atoms with Crippen molar-refractivity contribution in [3.63, 3.8) is 0 Å². The van der Waals surface area contributed by atoms with Crippen molar-refractivity contribution in [1.82, 2.24) is 19.5 Å². The van der Waals surface area contributed by atoms with E-state index in [-0.39, 0.29) is 5.56 Å². The van der Waals surface area contributed by atoms with Gasteiger partial charge in [0.1, 0.15) is 0 Å². The Labute approximate surface area is 276 Å². The molecule has 0 unspecified atom stereocenters. The largest absolute Gasteiger partial charge is 0.309 e. The van der Waals surface area contributed by atoms with Crippen LogP contribution in [0.3, 0.4) is 0 Å². The van der Waals surface area contributed by atoms with E-state index in [1.807, 2.05) is 127 Å². The van der Waals surface area contributed by atoms with Crippen LogP contribution in [0, 0.1) is 0 Å². The van der Waals surface area contributed by atoms with Gasteiger partial charge in [0.25, 0.3) is 0 Å². The first-order valence-corrected chi connectivity index (χ1v) is 15.2. The van der Waals surface area contributed by atoms with Crippen molar-refractivity contribution in [2.75, 3.05) is 0 Å².